The number of hydrogen-bond acceptors (Lipinski definition) is 3. The first-order valence-electron chi connectivity index (χ1n) is 7.64. The molecule has 0 atom stereocenters. The zero-order valence-corrected chi connectivity index (χ0v) is 13.4. The summed E-state index contributed by atoms with van der Waals surface area (Å²) in [6, 6.07) is 11.4. The first-order valence-corrected chi connectivity index (χ1v) is 7.64. The lowest BCUT2D eigenvalue weighted by Gasteiger charge is -2.04. The van der Waals surface area contributed by atoms with E-state index >= 15 is 0 Å². The number of carbonyl (C=O) groups is 1. The summed E-state index contributed by atoms with van der Waals surface area (Å²) in [6.07, 6.45) is 6.71. The Kier molecular flexibility index (Phi) is 4.52. The van der Waals surface area contributed by atoms with Crippen molar-refractivity contribution in [1.29, 1.82) is 0 Å². The number of para-hydroxylation sites is 1. The average Bonchev–Trinajstić information content (AvgIpc) is 2.88. The molecule has 0 aliphatic heterocycles. The topological polar surface area (TPSA) is 59.3 Å². The molecule has 0 aliphatic carbocycles. The fourth-order valence-electron chi connectivity index (χ4n) is 2.71. The number of amides is 1. The number of fused-ring (bicyclic) bond motifs is 1. The number of hydrogen-bond donors (Lipinski definition) is 1. The maximum Gasteiger partial charge on any atom is 0.271 e. The minimum Gasteiger partial charge on any atom is -0.340 e. The van der Waals surface area contributed by atoms with Crippen LogP contribution < -0.4 is 5.43 Å². The monoisotopic (exact) mass is 318 g/mol. The lowest BCUT2D eigenvalue weighted by atomic mass is 10.1. The molecule has 0 saturated heterocycles. The van der Waals surface area contributed by atoms with Gasteiger partial charge in [-0.25, -0.2) is 5.43 Å². The van der Waals surface area contributed by atoms with Crippen LogP contribution in [0.15, 0.2) is 66.5 Å². The summed E-state index contributed by atoms with van der Waals surface area (Å²) in [5.74, 6) is -0.263. The second-order valence-electron chi connectivity index (χ2n) is 5.35. The summed E-state index contributed by atoms with van der Waals surface area (Å²) in [7, 11) is 0. The van der Waals surface area contributed by atoms with E-state index in [1.807, 2.05) is 31.2 Å². The van der Waals surface area contributed by atoms with Crippen molar-refractivity contribution in [3.63, 3.8) is 0 Å². The molecule has 0 aliphatic rings. The van der Waals surface area contributed by atoms with Crippen LogP contribution in [-0.2, 0) is 6.54 Å². The van der Waals surface area contributed by atoms with Crippen molar-refractivity contribution in [2.45, 2.75) is 13.5 Å². The van der Waals surface area contributed by atoms with Crippen LogP contribution in [0.1, 0.15) is 21.6 Å². The zero-order valence-electron chi connectivity index (χ0n) is 13.4. The smallest absolute Gasteiger partial charge is 0.271 e. The molecule has 0 saturated carbocycles. The summed E-state index contributed by atoms with van der Waals surface area (Å²) in [5.41, 5.74) is 6.27. The molecule has 0 radical (unpaired) electrons. The molecular weight excluding hydrogens is 300 g/mol. The van der Waals surface area contributed by atoms with Gasteiger partial charge >= 0.3 is 0 Å². The van der Waals surface area contributed by atoms with Crippen LogP contribution >= 0.6 is 0 Å². The number of aromatic nitrogens is 2. The Morgan fingerprint density at radius 1 is 1.29 bits per heavy atom. The molecule has 0 fully saturated rings. The van der Waals surface area contributed by atoms with Crippen molar-refractivity contribution in [3.8, 4) is 0 Å². The average molecular weight is 318 g/mol. The van der Waals surface area contributed by atoms with Crippen molar-refractivity contribution >= 4 is 23.0 Å². The van der Waals surface area contributed by atoms with Gasteiger partial charge in [0.15, 0.2) is 0 Å². The number of allylic oxidation sites excluding steroid dienone is 1. The van der Waals surface area contributed by atoms with E-state index in [4.69, 9.17) is 0 Å². The number of nitrogens with zero attached hydrogens (tertiary/aromatic N) is 3. The number of nitrogens with one attached hydrogen (secondary N) is 1. The molecule has 0 bridgehead atoms. The highest BCUT2D eigenvalue weighted by Crippen LogP contribution is 2.24. The highest BCUT2D eigenvalue weighted by molar-refractivity contribution is 6.02. The van der Waals surface area contributed by atoms with Crippen LogP contribution in [0.3, 0.4) is 0 Å². The van der Waals surface area contributed by atoms with Gasteiger partial charge in [0.05, 0.1) is 6.21 Å². The molecule has 3 rings (SSSR count). The van der Waals surface area contributed by atoms with Gasteiger partial charge in [0.2, 0.25) is 0 Å². The third-order valence-electron chi connectivity index (χ3n) is 3.89. The Hall–Kier alpha value is -3.21. The highest BCUT2D eigenvalue weighted by atomic mass is 16.2. The molecule has 0 unspecified atom stereocenters. The Morgan fingerprint density at radius 3 is 2.79 bits per heavy atom. The van der Waals surface area contributed by atoms with Gasteiger partial charge in [-0.05, 0) is 25.1 Å². The van der Waals surface area contributed by atoms with Gasteiger partial charge < -0.3 is 4.57 Å². The van der Waals surface area contributed by atoms with Crippen molar-refractivity contribution in [3.05, 3.63) is 78.3 Å². The van der Waals surface area contributed by atoms with Gasteiger partial charge in [0, 0.05) is 46.7 Å². The number of hydrazone groups is 1. The fraction of sp³-hybridized carbons (Fsp3) is 0.105. The molecular formula is C19H18N4O. The lowest BCUT2D eigenvalue weighted by Crippen LogP contribution is -2.17. The minimum atomic E-state index is -0.263. The Labute approximate surface area is 140 Å². The Morgan fingerprint density at radius 2 is 2.04 bits per heavy atom. The molecule has 2 heterocycles. The number of pyridine rings is 1. The van der Waals surface area contributed by atoms with E-state index in [9.17, 15) is 4.79 Å². The van der Waals surface area contributed by atoms with Gasteiger partial charge in [0.1, 0.15) is 0 Å². The maximum atomic E-state index is 12.0. The Balaban J connectivity index is 1.88. The van der Waals surface area contributed by atoms with Crippen LogP contribution in [0.5, 0.6) is 0 Å². The van der Waals surface area contributed by atoms with E-state index in [2.05, 4.69) is 32.7 Å². The third kappa shape index (κ3) is 2.96. The predicted molar refractivity (Wildman–Crippen MR) is 96.2 cm³/mol. The van der Waals surface area contributed by atoms with Crippen molar-refractivity contribution in [2.75, 3.05) is 0 Å². The molecule has 1 N–H and O–H groups in total. The normalized spacial score (nSPS) is 11.0. The summed E-state index contributed by atoms with van der Waals surface area (Å²) >= 11 is 0. The first kappa shape index (κ1) is 15.7. The fourth-order valence-corrected chi connectivity index (χ4v) is 2.71. The number of carbonyl (C=O) groups excluding carboxylic acids is 1. The summed E-state index contributed by atoms with van der Waals surface area (Å²) in [4.78, 5) is 15.9. The molecule has 5 heteroatoms. The van der Waals surface area contributed by atoms with E-state index < -0.39 is 0 Å². The van der Waals surface area contributed by atoms with Crippen LogP contribution in [-0.4, -0.2) is 21.7 Å². The summed E-state index contributed by atoms with van der Waals surface area (Å²) in [5, 5.41) is 5.21. The molecule has 24 heavy (non-hydrogen) atoms. The van der Waals surface area contributed by atoms with Gasteiger partial charge in [0.25, 0.3) is 5.91 Å². The van der Waals surface area contributed by atoms with Crippen LogP contribution in [0, 0.1) is 6.92 Å². The second kappa shape index (κ2) is 6.91. The quantitative estimate of drug-likeness (QED) is 0.446. The van der Waals surface area contributed by atoms with Crippen molar-refractivity contribution in [2.24, 2.45) is 5.10 Å². The van der Waals surface area contributed by atoms with Crippen LogP contribution in [0.25, 0.3) is 10.9 Å². The standard InChI is InChI=1S/C19H18N4O/c1-3-12-23-14(2)17(16-6-4-5-7-18(16)23)13-21-22-19(24)15-8-10-20-11-9-15/h3-11,13H,1,12H2,2H3,(H,22,24)/b21-13+. The zero-order chi connectivity index (χ0) is 16.9. The lowest BCUT2D eigenvalue weighted by molar-refractivity contribution is 0.0955. The number of benzene rings is 1. The van der Waals surface area contributed by atoms with Gasteiger partial charge in [-0.2, -0.15) is 5.10 Å². The second-order valence-corrected chi connectivity index (χ2v) is 5.35. The molecule has 5 nitrogen and oxygen atoms in total. The van der Waals surface area contributed by atoms with Crippen LogP contribution in [0.2, 0.25) is 0 Å². The predicted octanol–water partition coefficient (Wildman–Crippen LogP) is 3.29. The van der Waals surface area contributed by atoms with Crippen molar-refractivity contribution < 1.29 is 4.79 Å². The first-order chi connectivity index (χ1) is 11.7. The largest absolute Gasteiger partial charge is 0.340 e. The molecule has 120 valence electrons. The minimum absolute atomic E-state index is 0.263. The molecule has 2 aromatic heterocycles. The highest BCUT2D eigenvalue weighted by Gasteiger charge is 2.11. The van der Waals surface area contributed by atoms with Gasteiger partial charge in [-0.1, -0.05) is 24.3 Å². The third-order valence-corrected chi connectivity index (χ3v) is 3.89. The number of rotatable bonds is 5. The summed E-state index contributed by atoms with van der Waals surface area (Å²) < 4.78 is 2.17. The SMILES string of the molecule is C=CCn1c(C)c(/C=N/NC(=O)c2ccncc2)c2ccccc21. The van der Waals surface area contributed by atoms with E-state index in [0.717, 1.165) is 28.7 Å². The van der Waals surface area contributed by atoms with Crippen LogP contribution in [0.4, 0.5) is 0 Å². The molecule has 1 aromatic carbocycles. The van der Waals surface area contributed by atoms with E-state index in [1.165, 1.54) is 0 Å². The van der Waals surface area contributed by atoms with E-state index in [1.54, 1.807) is 30.7 Å². The van der Waals surface area contributed by atoms with Crippen molar-refractivity contribution in [1.82, 2.24) is 15.0 Å². The maximum absolute atomic E-state index is 12.0. The van der Waals surface area contributed by atoms with Gasteiger partial charge in [-0.3, -0.25) is 9.78 Å². The Bertz CT molecular complexity index is 910. The molecule has 3 aromatic rings. The van der Waals surface area contributed by atoms with Gasteiger partial charge in [-0.15, -0.1) is 6.58 Å². The molecule has 1 amide bonds. The van der Waals surface area contributed by atoms with E-state index in [0.29, 0.717) is 5.56 Å². The summed E-state index contributed by atoms with van der Waals surface area (Å²) in [6.45, 7) is 6.58. The van der Waals surface area contributed by atoms with E-state index in [-0.39, 0.29) is 5.91 Å². The molecule has 0 spiro atoms.